The van der Waals surface area contributed by atoms with E-state index in [4.69, 9.17) is 5.11 Å². The summed E-state index contributed by atoms with van der Waals surface area (Å²) in [6.45, 7) is 0. The van der Waals surface area contributed by atoms with Gasteiger partial charge in [0.25, 0.3) is 0 Å². The van der Waals surface area contributed by atoms with Crippen LogP contribution in [0.1, 0.15) is 5.69 Å². The van der Waals surface area contributed by atoms with Gasteiger partial charge in [0.15, 0.2) is 4.96 Å². The summed E-state index contributed by atoms with van der Waals surface area (Å²) in [6, 6.07) is 5.89. The third-order valence-corrected chi connectivity index (χ3v) is 3.55. The zero-order valence-corrected chi connectivity index (χ0v) is 10.5. The van der Waals surface area contributed by atoms with E-state index >= 15 is 0 Å². The summed E-state index contributed by atoms with van der Waals surface area (Å²) in [6.07, 6.45) is 1.67. The van der Waals surface area contributed by atoms with Crippen LogP contribution in [-0.2, 0) is 11.2 Å². The summed E-state index contributed by atoms with van der Waals surface area (Å²) < 4.78 is 14.7. The minimum atomic E-state index is -0.920. The molecule has 4 nitrogen and oxygen atoms in total. The van der Waals surface area contributed by atoms with Crippen LogP contribution < -0.4 is 0 Å². The molecule has 1 N–H and O–H groups in total. The van der Waals surface area contributed by atoms with Crippen LogP contribution in [0, 0.1) is 5.82 Å². The molecule has 0 aliphatic rings. The van der Waals surface area contributed by atoms with Gasteiger partial charge in [-0.1, -0.05) is 0 Å². The highest BCUT2D eigenvalue weighted by Crippen LogP contribution is 2.27. The normalized spacial score (nSPS) is 11.0. The third kappa shape index (κ3) is 2.10. The number of hydrogen-bond donors (Lipinski definition) is 1. The number of thiazole rings is 1. The first-order valence-electron chi connectivity index (χ1n) is 5.57. The molecule has 0 amide bonds. The number of fused-ring (bicyclic) bond motifs is 1. The predicted molar refractivity (Wildman–Crippen MR) is 69.8 cm³/mol. The van der Waals surface area contributed by atoms with E-state index in [2.05, 4.69) is 4.98 Å². The molecule has 3 aromatic rings. The van der Waals surface area contributed by atoms with E-state index in [0.717, 1.165) is 4.96 Å². The summed E-state index contributed by atoms with van der Waals surface area (Å²) in [5.41, 5.74) is 1.91. The summed E-state index contributed by atoms with van der Waals surface area (Å²) >= 11 is 1.43. The van der Waals surface area contributed by atoms with Crippen LogP contribution in [0.5, 0.6) is 0 Å². The van der Waals surface area contributed by atoms with E-state index in [-0.39, 0.29) is 12.2 Å². The van der Waals surface area contributed by atoms with Crippen molar-refractivity contribution in [3.63, 3.8) is 0 Å². The van der Waals surface area contributed by atoms with Crippen molar-refractivity contribution in [1.82, 2.24) is 9.38 Å². The maximum Gasteiger partial charge on any atom is 0.309 e. The molecule has 0 bridgehead atoms. The molecule has 0 unspecified atom stereocenters. The highest BCUT2D eigenvalue weighted by molar-refractivity contribution is 7.15. The van der Waals surface area contributed by atoms with Crippen LogP contribution >= 0.6 is 11.3 Å². The highest BCUT2D eigenvalue weighted by atomic mass is 32.1. The number of hydrogen-bond acceptors (Lipinski definition) is 3. The number of halogens is 1. The maximum absolute atomic E-state index is 12.9. The third-order valence-electron chi connectivity index (χ3n) is 2.80. The molecule has 0 radical (unpaired) electrons. The lowest BCUT2D eigenvalue weighted by Crippen LogP contribution is -2.04. The predicted octanol–water partition coefficient (Wildman–Crippen LogP) is 2.83. The van der Waals surface area contributed by atoms with Crippen LogP contribution in [0.4, 0.5) is 4.39 Å². The number of aliphatic carboxylic acids is 1. The minimum absolute atomic E-state index is 0.120. The van der Waals surface area contributed by atoms with Crippen LogP contribution in [0.25, 0.3) is 16.2 Å². The molecule has 0 aliphatic carbocycles. The zero-order chi connectivity index (χ0) is 13.4. The SMILES string of the molecule is O=C(O)Cc1c(-c2ccc(F)cc2)nc2sccn12. The van der Waals surface area contributed by atoms with Gasteiger partial charge in [-0.3, -0.25) is 9.20 Å². The van der Waals surface area contributed by atoms with Crippen LogP contribution in [0.2, 0.25) is 0 Å². The van der Waals surface area contributed by atoms with Crippen LogP contribution in [0.15, 0.2) is 35.8 Å². The van der Waals surface area contributed by atoms with Gasteiger partial charge in [0.1, 0.15) is 5.82 Å². The van der Waals surface area contributed by atoms with Gasteiger partial charge >= 0.3 is 5.97 Å². The van der Waals surface area contributed by atoms with Crippen molar-refractivity contribution in [2.75, 3.05) is 0 Å². The lowest BCUT2D eigenvalue weighted by molar-refractivity contribution is -0.136. The van der Waals surface area contributed by atoms with Gasteiger partial charge in [-0.05, 0) is 24.3 Å². The van der Waals surface area contributed by atoms with Crippen molar-refractivity contribution in [1.29, 1.82) is 0 Å². The average molecular weight is 276 g/mol. The lowest BCUT2D eigenvalue weighted by Gasteiger charge is -2.01. The molecule has 0 fully saturated rings. The first-order valence-corrected chi connectivity index (χ1v) is 6.45. The first kappa shape index (κ1) is 11.9. The standard InChI is InChI=1S/C13H9FN2O2S/c14-9-3-1-8(2-4-9)12-10(7-11(17)18)16-5-6-19-13(16)15-12/h1-6H,7H2,(H,17,18). The Morgan fingerprint density at radius 1 is 1.37 bits per heavy atom. The van der Waals surface area contributed by atoms with E-state index in [0.29, 0.717) is 17.0 Å². The zero-order valence-electron chi connectivity index (χ0n) is 9.71. The molecule has 0 aliphatic heterocycles. The van der Waals surface area contributed by atoms with Crippen LogP contribution in [0.3, 0.4) is 0 Å². The van der Waals surface area contributed by atoms with E-state index in [9.17, 15) is 9.18 Å². The fourth-order valence-electron chi connectivity index (χ4n) is 1.98. The summed E-state index contributed by atoms with van der Waals surface area (Å²) in [4.78, 5) is 16.1. The lowest BCUT2D eigenvalue weighted by atomic mass is 10.1. The number of carboxylic acid groups (broad SMARTS) is 1. The topological polar surface area (TPSA) is 54.6 Å². The van der Waals surface area contributed by atoms with Crippen molar-refractivity contribution < 1.29 is 14.3 Å². The summed E-state index contributed by atoms with van der Waals surface area (Å²) in [5.74, 6) is -1.25. The van der Waals surface area contributed by atoms with Gasteiger partial charge in [0.2, 0.25) is 0 Å². The Hall–Kier alpha value is -2.21. The molecule has 96 valence electrons. The maximum atomic E-state index is 12.9. The second-order valence-electron chi connectivity index (χ2n) is 4.04. The molecular weight excluding hydrogens is 267 g/mol. The molecule has 0 saturated heterocycles. The Morgan fingerprint density at radius 2 is 2.11 bits per heavy atom. The van der Waals surface area contributed by atoms with E-state index in [1.807, 2.05) is 5.38 Å². The number of aromatic nitrogens is 2. The van der Waals surface area contributed by atoms with Crippen LogP contribution in [-0.4, -0.2) is 20.5 Å². The number of nitrogens with zero attached hydrogens (tertiary/aromatic N) is 2. The molecule has 0 atom stereocenters. The largest absolute Gasteiger partial charge is 0.481 e. The Kier molecular flexibility index (Phi) is 2.79. The second-order valence-corrected chi connectivity index (χ2v) is 4.91. The van der Waals surface area contributed by atoms with Gasteiger partial charge in [0.05, 0.1) is 17.8 Å². The van der Waals surface area contributed by atoms with E-state index in [1.165, 1.54) is 23.5 Å². The monoisotopic (exact) mass is 276 g/mol. The Balaban J connectivity index is 2.18. The number of carbonyl (C=O) groups is 1. The molecule has 2 aromatic heterocycles. The van der Waals surface area contributed by atoms with Crippen molar-refractivity contribution in [2.24, 2.45) is 0 Å². The number of benzene rings is 1. The molecular formula is C13H9FN2O2S. The Morgan fingerprint density at radius 3 is 2.79 bits per heavy atom. The summed E-state index contributed by atoms with van der Waals surface area (Å²) in [7, 11) is 0. The molecule has 2 heterocycles. The van der Waals surface area contributed by atoms with Gasteiger partial charge in [0, 0.05) is 17.1 Å². The summed E-state index contributed by atoms with van der Waals surface area (Å²) in [5, 5.41) is 10.8. The average Bonchev–Trinajstić information content (AvgIpc) is 2.93. The molecule has 19 heavy (non-hydrogen) atoms. The number of imidazole rings is 1. The fraction of sp³-hybridized carbons (Fsp3) is 0.0769. The van der Waals surface area contributed by atoms with Gasteiger partial charge in [-0.25, -0.2) is 9.37 Å². The Labute approximate surface area is 111 Å². The van der Waals surface area contributed by atoms with E-state index in [1.54, 1.807) is 22.7 Å². The fourth-order valence-corrected chi connectivity index (χ4v) is 2.72. The van der Waals surface area contributed by atoms with Gasteiger partial charge in [-0.15, -0.1) is 11.3 Å². The molecule has 0 spiro atoms. The molecule has 1 aromatic carbocycles. The molecule has 3 rings (SSSR count). The molecule has 0 saturated carbocycles. The number of rotatable bonds is 3. The van der Waals surface area contributed by atoms with Gasteiger partial charge in [-0.2, -0.15) is 0 Å². The Bertz CT molecular complexity index is 746. The minimum Gasteiger partial charge on any atom is -0.481 e. The van der Waals surface area contributed by atoms with Crippen molar-refractivity contribution >= 4 is 22.3 Å². The number of carboxylic acids is 1. The van der Waals surface area contributed by atoms with Crippen molar-refractivity contribution in [2.45, 2.75) is 6.42 Å². The second kappa shape index (κ2) is 4.47. The first-order chi connectivity index (χ1) is 9.15. The molecule has 6 heteroatoms. The van der Waals surface area contributed by atoms with Crippen molar-refractivity contribution in [3.8, 4) is 11.3 Å². The van der Waals surface area contributed by atoms with Gasteiger partial charge < -0.3 is 5.11 Å². The van der Waals surface area contributed by atoms with Crippen molar-refractivity contribution in [3.05, 3.63) is 47.4 Å². The van der Waals surface area contributed by atoms with E-state index < -0.39 is 5.97 Å². The quantitative estimate of drug-likeness (QED) is 0.800. The smallest absolute Gasteiger partial charge is 0.309 e. The highest BCUT2D eigenvalue weighted by Gasteiger charge is 2.17.